The van der Waals surface area contributed by atoms with E-state index < -0.39 is 15.9 Å². The molecule has 1 amide bonds. The van der Waals surface area contributed by atoms with Crippen LogP contribution in [0.4, 0.5) is 0 Å². The van der Waals surface area contributed by atoms with Gasteiger partial charge < -0.3 is 15.2 Å². The van der Waals surface area contributed by atoms with Crippen molar-refractivity contribution in [3.8, 4) is 11.5 Å². The number of methoxy groups -OCH3 is 1. The molecular weight excluding hydrogens is 484 g/mol. The molecule has 2 aromatic rings. The van der Waals surface area contributed by atoms with Crippen LogP contribution in [-0.2, 0) is 21.4 Å². The summed E-state index contributed by atoms with van der Waals surface area (Å²) in [5.74, 6) is 0.212. The van der Waals surface area contributed by atoms with Gasteiger partial charge in [0.25, 0.3) is 5.91 Å². The Kier molecular flexibility index (Phi) is 7.96. The van der Waals surface area contributed by atoms with Crippen LogP contribution in [0.25, 0.3) is 0 Å². The van der Waals surface area contributed by atoms with Crippen molar-refractivity contribution in [3.05, 3.63) is 52.5 Å². The number of rotatable bonds is 9. The Morgan fingerprint density at radius 1 is 1.10 bits per heavy atom. The zero-order valence-corrected chi connectivity index (χ0v) is 19.8. The number of carbonyl (C=O) groups excluding carboxylic acids is 1. The summed E-state index contributed by atoms with van der Waals surface area (Å²) >= 11 is 3.36. The van der Waals surface area contributed by atoms with E-state index >= 15 is 0 Å². The molecule has 0 aliphatic heterocycles. The van der Waals surface area contributed by atoms with E-state index in [-0.39, 0.29) is 24.1 Å². The van der Waals surface area contributed by atoms with Gasteiger partial charge in [0.1, 0.15) is 0 Å². The molecule has 3 rings (SSSR count). The van der Waals surface area contributed by atoms with Crippen molar-refractivity contribution in [2.75, 3.05) is 13.7 Å². The van der Waals surface area contributed by atoms with Crippen molar-refractivity contribution in [3.63, 3.8) is 0 Å². The molecule has 1 saturated carbocycles. The van der Waals surface area contributed by atoms with E-state index in [1.807, 2.05) is 0 Å². The number of amides is 1. The van der Waals surface area contributed by atoms with Gasteiger partial charge in [-0.2, -0.15) is 4.31 Å². The lowest BCUT2D eigenvalue weighted by molar-refractivity contribution is -0.119. The summed E-state index contributed by atoms with van der Waals surface area (Å²) < 4.78 is 40.3. The molecule has 0 atom stereocenters. The number of sulfonamides is 1. The SMILES string of the molecule is COc1cc(CN(C2CCCCC2)S(=O)(=O)c2ccc(Br)cc2)ccc1OCC(N)=O. The zero-order valence-electron chi connectivity index (χ0n) is 17.4. The number of carbonyl (C=O) groups is 1. The first-order valence-electron chi connectivity index (χ1n) is 10.2. The van der Waals surface area contributed by atoms with Crippen molar-refractivity contribution in [2.24, 2.45) is 5.73 Å². The van der Waals surface area contributed by atoms with E-state index in [9.17, 15) is 13.2 Å². The minimum atomic E-state index is -3.69. The number of nitrogens with zero attached hydrogens (tertiary/aromatic N) is 1. The molecule has 1 fully saturated rings. The van der Waals surface area contributed by atoms with Crippen molar-refractivity contribution in [1.82, 2.24) is 4.31 Å². The van der Waals surface area contributed by atoms with Gasteiger partial charge in [0.05, 0.1) is 12.0 Å². The van der Waals surface area contributed by atoms with E-state index in [0.29, 0.717) is 11.5 Å². The molecule has 168 valence electrons. The average Bonchev–Trinajstić information content (AvgIpc) is 2.77. The molecule has 0 radical (unpaired) electrons. The van der Waals surface area contributed by atoms with E-state index in [1.165, 1.54) is 7.11 Å². The molecule has 2 N–H and O–H groups in total. The summed E-state index contributed by atoms with van der Waals surface area (Å²) in [6, 6.07) is 11.9. The quantitative estimate of drug-likeness (QED) is 0.552. The number of nitrogens with two attached hydrogens (primary N) is 1. The van der Waals surface area contributed by atoms with Crippen LogP contribution in [0, 0.1) is 0 Å². The highest BCUT2D eigenvalue weighted by atomic mass is 79.9. The molecule has 0 spiro atoms. The van der Waals surface area contributed by atoms with Gasteiger partial charge in [0, 0.05) is 17.1 Å². The zero-order chi connectivity index (χ0) is 22.4. The van der Waals surface area contributed by atoms with Gasteiger partial charge in [0.15, 0.2) is 18.1 Å². The lowest BCUT2D eigenvalue weighted by Crippen LogP contribution is -2.40. The summed E-state index contributed by atoms with van der Waals surface area (Å²) in [5.41, 5.74) is 5.91. The van der Waals surface area contributed by atoms with Crippen molar-refractivity contribution < 1.29 is 22.7 Å². The van der Waals surface area contributed by atoms with Gasteiger partial charge in [-0.25, -0.2) is 8.42 Å². The third-order valence-electron chi connectivity index (χ3n) is 5.34. The highest BCUT2D eigenvalue weighted by Gasteiger charge is 2.32. The van der Waals surface area contributed by atoms with Crippen LogP contribution in [0.3, 0.4) is 0 Å². The Bertz CT molecular complexity index is 1010. The fourth-order valence-corrected chi connectivity index (χ4v) is 5.72. The van der Waals surface area contributed by atoms with Crippen LogP contribution in [0.2, 0.25) is 0 Å². The molecule has 7 nitrogen and oxygen atoms in total. The van der Waals surface area contributed by atoms with Gasteiger partial charge in [-0.1, -0.05) is 41.3 Å². The fourth-order valence-electron chi connectivity index (χ4n) is 3.78. The van der Waals surface area contributed by atoms with E-state index in [1.54, 1.807) is 46.8 Å². The second kappa shape index (κ2) is 10.5. The normalized spacial score (nSPS) is 15.1. The highest BCUT2D eigenvalue weighted by Crippen LogP contribution is 2.33. The Balaban J connectivity index is 1.91. The number of hydrogen-bond acceptors (Lipinski definition) is 5. The predicted molar refractivity (Wildman–Crippen MR) is 121 cm³/mol. The topological polar surface area (TPSA) is 98.9 Å². The summed E-state index contributed by atoms with van der Waals surface area (Å²) in [7, 11) is -2.19. The summed E-state index contributed by atoms with van der Waals surface area (Å²) in [4.78, 5) is 11.3. The van der Waals surface area contributed by atoms with E-state index in [0.717, 1.165) is 42.1 Å². The Labute approximate surface area is 191 Å². The minimum absolute atomic E-state index is 0.0563. The Hall–Kier alpha value is -2.10. The standard InChI is InChI=1S/C22H27BrN2O5S/c1-29-21-13-16(7-12-20(21)30-15-22(24)26)14-25(18-5-3-2-4-6-18)31(27,28)19-10-8-17(23)9-11-19/h7-13,18H,2-6,14-15H2,1H3,(H2,24,26). The van der Waals surface area contributed by atoms with Crippen LogP contribution >= 0.6 is 15.9 Å². The molecule has 2 aromatic carbocycles. The van der Waals surface area contributed by atoms with Crippen molar-refractivity contribution in [2.45, 2.75) is 49.6 Å². The molecule has 1 aliphatic rings. The maximum atomic E-state index is 13.5. The molecule has 9 heteroatoms. The first-order chi connectivity index (χ1) is 14.8. The molecular formula is C22H27BrN2O5S. The maximum absolute atomic E-state index is 13.5. The molecule has 0 saturated heterocycles. The number of hydrogen-bond donors (Lipinski definition) is 1. The highest BCUT2D eigenvalue weighted by molar-refractivity contribution is 9.10. The molecule has 0 unspecified atom stereocenters. The van der Waals surface area contributed by atoms with Gasteiger partial charge in [-0.05, 0) is 54.8 Å². The third-order valence-corrected chi connectivity index (χ3v) is 7.78. The fraction of sp³-hybridized carbons (Fsp3) is 0.409. The summed E-state index contributed by atoms with van der Waals surface area (Å²) in [5, 5.41) is 0. The van der Waals surface area contributed by atoms with Crippen LogP contribution in [-0.4, -0.2) is 38.4 Å². The van der Waals surface area contributed by atoms with Gasteiger partial charge in [0.2, 0.25) is 10.0 Å². The van der Waals surface area contributed by atoms with E-state index in [2.05, 4.69) is 15.9 Å². The number of benzene rings is 2. The van der Waals surface area contributed by atoms with Crippen LogP contribution in [0.1, 0.15) is 37.7 Å². The molecule has 1 aliphatic carbocycles. The van der Waals surface area contributed by atoms with Crippen molar-refractivity contribution in [1.29, 1.82) is 0 Å². The molecule has 0 heterocycles. The van der Waals surface area contributed by atoms with Crippen LogP contribution < -0.4 is 15.2 Å². The lowest BCUT2D eigenvalue weighted by atomic mass is 9.95. The second-order valence-corrected chi connectivity index (χ2v) is 10.3. The van der Waals surface area contributed by atoms with Crippen LogP contribution in [0.5, 0.6) is 11.5 Å². The Morgan fingerprint density at radius 3 is 2.39 bits per heavy atom. The first kappa shape index (κ1) is 23.6. The molecule has 31 heavy (non-hydrogen) atoms. The van der Waals surface area contributed by atoms with Gasteiger partial charge in [-0.15, -0.1) is 0 Å². The first-order valence-corrected chi connectivity index (χ1v) is 12.4. The minimum Gasteiger partial charge on any atom is -0.493 e. The second-order valence-electron chi connectivity index (χ2n) is 7.54. The summed E-state index contributed by atoms with van der Waals surface area (Å²) in [6.07, 6.45) is 4.84. The van der Waals surface area contributed by atoms with E-state index in [4.69, 9.17) is 15.2 Å². The van der Waals surface area contributed by atoms with Gasteiger partial charge in [-0.3, -0.25) is 4.79 Å². The Morgan fingerprint density at radius 2 is 1.77 bits per heavy atom. The average molecular weight is 511 g/mol. The van der Waals surface area contributed by atoms with Gasteiger partial charge >= 0.3 is 0 Å². The number of ether oxygens (including phenoxy) is 2. The van der Waals surface area contributed by atoms with Crippen LogP contribution in [0.15, 0.2) is 51.8 Å². The smallest absolute Gasteiger partial charge is 0.255 e. The maximum Gasteiger partial charge on any atom is 0.255 e. The summed E-state index contributed by atoms with van der Waals surface area (Å²) in [6.45, 7) is -0.0443. The van der Waals surface area contributed by atoms with Crippen molar-refractivity contribution >= 4 is 31.9 Å². The predicted octanol–water partition coefficient (Wildman–Crippen LogP) is 3.85. The number of primary amides is 1. The monoisotopic (exact) mass is 510 g/mol. The molecule has 0 aromatic heterocycles. The largest absolute Gasteiger partial charge is 0.493 e. The third kappa shape index (κ3) is 5.99. The molecule has 0 bridgehead atoms. The lowest BCUT2D eigenvalue weighted by Gasteiger charge is -2.33. The number of halogens is 1.